The van der Waals surface area contributed by atoms with Crippen molar-refractivity contribution in [1.29, 1.82) is 0 Å². The summed E-state index contributed by atoms with van der Waals surface area (Å²) in [5, 5.41) is 7.12. The molecule has 3 N–H and O–H groups in total. The smallest absolute Gasteiger partial charge is 0.119 e. The molecule has 4 nitrogen and oxygen atoms in total. The molecule has 0 aliphatic heterocycles. The van der Waals surface area contributed by atoms with E-state index in [2.05, 4.69) is 24.0 Å². The van der Waals surface area contributed by atoms with Crippen molar-refractivity contribution in [1.82, 2.24) is 10.2 Å². The van der Waals surface area contributed by atoms with Gasteiger partial charge in [0.25, 0.3) is 0 Å². The molecule has 4 heteroatoms. The van der Waals surface area contributed by atoms with Gasteiger partial charge in [-0.25, -0.2) is 0 Å². The van der Waals surface area contributed by atoms with Crippen molar-refractivity contribution in [2.45, 2.75) is 32.9 Å². The number of nitrogens with one attached hydrogen (secondary N) is 1. The van der Waals surface area contributed by atoms with Crippen molar-refractivity contribution >= 4 is 0 Å². The van der Waals surface area contributed by atoms with E-state index in [1.54, 1.807) is 0 Å². The van der Waals surface area contributed by atoms with Gasteiger partial charge in [0.05, 0.1) is 11.8 Å². The molecule has 1 aromatic heterocycles. The molecule has 18 heavy (non-hydrogen) atoms. The van der Waals surface area contributed by atoms with E-state index in [1.807, 2.05) is 30.3 Å². The SMILES string of the molecule is CCC(C)Oc1ccc(-c2cc(CN)[nH]n2)cc1. The van der Waals surface area contributed by atoms with Crippen molar-refractivity contribution in [2.75, 3.05) is 0 Å². The lowest BCUT2D eigenvalue weighted by Gasteiger charge is -2.12. The lowest BCUT2D eigenvalue weighted by molar-refractivity contribution is 0.217. The number of nitrogens with two attached hydrogens (primary N) is 1. The molecular weight excluding hydrogens is 226 g/mol. The number of rotatable bonds is 5. The van der Waals surface area contributed by atoms with Gasteiger partial charge in [-0.15, -0.1) is 0 Å². The minimum Gasteiger partial charge on any atom is -0.491 e. The Morgan fingerprint density at radius 3 is 2.61 bits per heavy atom. The third kappa shape index (κ3) is 2.90. The molecule has 2 aromatic rings. The van der Waals surface area contributed by atoms with E-state index in [-0.39, 0.29) is 6.10 Å². The van der Waals surface area contributed by atoms with Gasteiger partial charge in [-0.3, -0.25) is 5.10 Å². The minimum absolute atomic E-state index is 0.241. The summed E-state index contributed by atoms with van der Waals surface area (Å²) >= 11 is 0. The first kappa shape index (κ1) is 12.6. The lowest BCUT2D eigenvalue weighted by Crippen LogP contribution is -2.09. The fourth-order valence-corrected chi connectivity index (χ4v) is 1.63. The Labute approximate surface area is 107 Å². The summed E-state index contributed by atoms with van der Waals surface area (Å²) in [6.07, 6.45) is 1.24. The van der Waals surface area contributed by atoms with Crippen molar-refractivity contribution < 1.29 is 4.74 Å². The maximum Gasteiger partial charge on any atom is 0.119 e. The zero-order valence-electron chi connectivity index (χ0n) is 10.8. The largest absolute Gasteiger partial charge is 0.491 e. The second-order valence-electron chi connectivity index (χ2n) is 4.34. The molecule has 0 spiro atoms. The van der Waals surface area contributed by atoms with Crippen LogP contribution >= 0.6 is 0 Å². The summed E-state index contributed by atoms with van der Waals surface area (Å²) in [5.74, 6) is 0.891. The number of aromatic amines is 1. The number of benzene rings is 1. The molecule has 0 radical (unpaired) electrons. The standard InChI is InChI=1S/C14H19N3O/c1-3-10(2)18-13-6-4-11(5-7-13)14-8-12(9-15)16-17-14/h4-8,10H,3,9,15H2,1-2H3,(H,16,17). The Hall–Kier alpha value is -1.81. The number of aromatic nitrogens is 2. The summed E-state index contributed by atoms with van der Waals surface area (Å²) in [6.45, 7) is 4.65. The van der Waals surface area contributed by atoms with E-state index < -0.39 is 0 Å². The van der Waals surface area contributed by atoms with Crippen LogP contribution in [0, 0.1) is 0 Å². The van der Waals surface area contributed by atoms with Gasteiger partial charge in [0.1, 0.15) is 5.75 Å². The van der Waals surface area contributed by atoms with Gasteiger partial charge in [0, 0.05) is 17.8 Å². The van der Waals surface area contributed by atoms with Gasteiger partial charge in [0.15, 0.2) is 0 Å². The minimum atomic E-state index is 0.241. The van der Waals surface area contributed by atoms with E-state index in [0.717, 1.165) is 29.1 Å². The summed E-state index contributed by atoms with van der Waals surface area (Å²) in [4.78, 5) is 0. The second-order valence-corrected chi connectivity index (χ2v) is 4.34. The predicted octanol–water partition coefficient (Wildman–Crippen LogP) is 2.71. The highest BCUT2D eigenvalue weighted by molar-refractivity contribution is 5.60. The highest BCUT2D eigenvalue weighted by atomic mass is 16.5. The Kier molecular flexibility index (Phi) is 3.99. The summed E-state index contributed by atoms with van der Waals surface area (Å²) in [5.41, 5.74) is 8.45. The van der Waals surface area contributed by atoms with E-state index in [0.29, 0.717) is 6.54 Å². The Morgan fingerprint density at radius 1 is 1.33 bits per heavy atom. The molecule has 0 saturated heterocycles. The molecule has 0 aliphatic carbocycles. The summed E-state index contributed by atoms with van der Waals surface area (Å²) < 4.78 is 5.73. The van der Waals surface area contributed by atoms with Gasteiger partial charge < -0.3 is 10.5 Å². The summed E-state index contributed by atoms with van der Waals surface area (Å²) in [7, 11) is 0. The first-order valence-electron chi connectivity index (χ1n) is 6.24. The molecule has 96 valence electrons. The fraction of sp³-hybridized carbons (Fsp3) is 0.357. The predicted molar refractivity (Wildman–Crippen MR) is 72.3 cm³/mol. The zero-order valence-corrected chi connectivity index (χ0v) is 10.8. The van der Waals surface area contributed by atoms with Crippen LogP contribution in [-0.2, 0) is 6.54 Å². The van der Waals surface area contributed by atoms with Gasteiger partial charge in [-0.1, -0.05) is 6.92 Å². The molecular formula is C14H19N3O. The van der Waals surface area contributed by atoms with Gasteiger partial charge >= 0.3 is 0 Å². The third-order valence-corrected chi connectivity index (χ3v) is 2.91. The van der Waals surface area contributed by atoms with E-state index in [9.17, 15) is 0 Å². The van der Waals surface area contributed by atoms with Crippen LogP contribution in [0.3, 0.4) is 0 Å². The van der Waals surface area contributed by atoms with Crippen LogP contribution in [-0.4, -0.2) is 16.3 Å². The van der Waals surface area contributed by atoms with Crippen LogP contribution in [0.25, 0.3) is 11.3 Å². The lowest BCUT2D eigenvalue weighted by atomic mass is 10.1. The molecule has 0 amide bonds. The van der Waals surface area contributed by atoms with Gasteiger partial charge in [-0.05, 0) is 43.7 Å². The molecule has 0 fully saturated rings. The Bertz CT molecular complexity index is 490. The first-order chi connectivity index (χ1) is 8.72. The number of hydrogen-bond donors (Lipinski definition) is 2. The topological polar surface area (TPSA) is 63.9 Å². The highest BCUT2D eigenvalue weighted by Crippen LogP contribution is 2.22. The van der Waals surface area contributed by atoms with Crippen LogP contribution in [0.1, 0.15) is 26.0 Å². The molecule has 2 rings (SSSR count). The van der Waals surface area contributed by atoms with Crippen LogP contribution in [0.2, 0.25) is 0 Å². The van der Waals surface area contributed by atoms with Gasteiger partial charge in [-0.2, -0.15) is 5.10 Å². The molecule has 0 aliphatic rings. The van der Waals surface area contributed by atoms with Crippen LogP contribution in [0.5, 0.6) is 5.75 Å². The van der Waals surface area contributed by atoms with Crippen LogP contribution < -0.4 is 10.5 Å². The van der Waals surface area contributed by atoms with E-state index >= 15 is 0 Å². The second kappa shape index (κ2) is 5.69. The normalized spacial score (nSPS) is 12.4. The number of nitrogens with zero attached hydrogens (tertiary/aromatic N) is 1. The van der Waals surface area contributed by atoms with Crippen LogP contribution in [0.15, 0.2) is 30.3 Å². The molecule has 1 unspecified atom stereocenters. The van der Waals surface area contributed by atoms with Crippen molar-refractivity contribution in [2.24, 2.45) is 5.73 Å². The molecule has 0 saturated carbocycles. The average Bonchev–Trinajstić information content (AvgIpc) is 2.88. The Balaban J connectivity index is 2.11. The maximum atomic E-state index is 5.73. The molecule has 1 atom stereocenters. The van der Waals surface area contributed by atoms with E-state index in [1.165, 1.54) is 0 Å². The van der Waals surface area contributed by atoms with Crippen LogP contribution in [0.4, 0.5) is 0 Å². The first-order valence-corrected chi connectivity index (χ1v) is 6.24. The molecule has 1 heterocycles. The van der Waals surface area contributed by atoms with Crippen molar-refractivity contribution in [3.05, 3.63) is 36.0 Å². The molecule has 0 bridgehead atoms. The van der Waals surface area contributed by atoms with Crippen molar-refractivity contribution in [3.63, 3.8) is 0 Å². The fourth-order valence-electron chi connectivity index (χ4n) is 1.63. The maximum absolute atomic E-state index is 5.73. The number of ether oxygens (including phenoxy) is 1. The zero-order chi connectivity index (χ0) is 13.0. The quantitative estimate of drug-likeness (QED) is 0.851. The summed E-state index contributed by atoms with van der Waals surface area (Å²) in [6, 6.07) is 9.92. The monoisotopic (exact) mass is 245 g/mol. The third-order valence-electron chi connectivity index (χ3n) is 2.91. The average molecular weight is 245 g/mol. The van der Waals surface area contributed by atoms with E-state index in [4.69, 9.17) is 10.5 Å². The molecule has 1 aromatic carbocycles. The Morgan fingerprint density at radius 2 is 2.06 bits per heavy atom. The number of hydrogen-bond acceptors (Lipinski definition) is 3. The highest BCUT2D eigenvalue weighted by Gasteiger charge is 2.04. The van der Waals surface area contributed by atoms with Crippen molar-refractivity contribution in [3.8, 4) is 17.0 Å². The van der Waals surface area contributed by atoms with Gasteiger partial charge in [0.2, 0.25) is 0 Å². The number of H-pyrrole nitrogens is 1.